The van der Waals surface area contributed by atoms with Crippen LogP contribution in [0.15, 0.2) is 0 Å². The fraction of sp³-hybridized carbons (Fsp3) is 0.667. The maximum absolute atomic E-state index is 11.1. The highest BCUT2D eigenvalue weighted by molar-refractivity contribution is 5.84. The van der Waals surface area contributed by atoms with Gasteiger partial charge in [0.2, 0.25) is 11.8 Å². The summed E-state index contributed by atoms with van der Waals surface area (Å²) in [7, 11) is 1.64. The van der Waals surface area contributed by atoms with E-state index in [9.17, 15) is 9.59 Å². The molecule has 12 heavy (non-hydrogen) atoms. The van der Waals surface area contributed by atoms with Crippen LogP contribution in [0.2, 0.25) is 0 Å². The van der Waals surface area contributed by atoms with E-state index in [0.29, 0.717) is 0 Å². The van der Waals surface area contributed by atoms with E-state index in [1.165, 1.54) is 4.90 Å². The largest absolute Gasteiger partial charge is 0.368 e. The van der Waals surface area contributed by atoms with Gasteiger partial charge in [0.05, 0.1) is 13.2 Å². The van der Waals surface area contributed by atoms with Gasteiger partial charge in [0, 0.05) is 0 Å². The summed E-state index contributed by atoms with van der Waals surface area (Å²) in [5, 5.41) is 2.66. The summed E-state index contributed by atoms with van der Waals surface area (Å²) >= 11 is 0. The number of rotatable bonds is 5. The lowest BCUT2D eigenvalue weighted by Crippen LogP contribution is -2.45. The highest BCUT2D eigenvalue weighted by atomic mass is 16.2. The lowest BCUT2D eigenvalue weighted by atomic mass is 10.4. The van der Waals surface area contributed by atoms with Crippen LogP contribution in [-0.2, 0) is 9.59 Å². The highest BCUT2D eigenvalue weighted by Crippen LogP contribution is 1.84. The summed E-state index contributed by atoms with van der Waals surface area (Å²) in [4.78, 5) is 22.7. The van der Waals surface area contributed by atoms with Gasteiger partial charge in [-0.15, -0.1) is 0 Å². The number of primary amides is 1. The molecule has 0 aliphatic heterocycles. The molecular formula is C6H14N4O2. The Morgan fingerprint density at radius 3 is 2.42 bits per heavy atom. The van der Waals surface area contributed by atoms with Gasteiger partial charge in [-0.25, -0.2) is 0 Å². The van der Waals surface area contributed by atoms with E-state index < -0.39 is 5.91 Å². The van der Waals surface area contributed by atoms with Crippen LogP contribution in [0.25, 0.3) is 0 Å². The minimum absolute atomic E-state index is 0.00343. The van der Waals surface area contributed by atoms with E-state index in [1.807, 2.05) is 0 Å². The summed E-state index contributed by atoms with van der Waals surface area (Å²) in [6, 6.07) is 0. The molecule has 0 aromatic carbocycles. The maximum atomic E-state index is 11.1. The van der Waals surface area contributed by atoms with Gasteiger partial charge >= 0.3 is 0 Å². The predicted octanol–water partition coefficient (Wildman–Crippen LogP) is -2.56. The first-order chi connectivity index (χ1) is 5.61. The van der Waals surface area contributed by atoms with Crippen LogP contribution in [0.3, 0.4) is 0 Å². The lowest BCUT2D eigenvalue weighted by Gasteiger charge is -2.18. The first-order valence-corrected chi connectivity index (χ1v) is 3.52. The van der Waals surface area contributed by atoms with Gasteiger partial charge in [0.15, 0.2) is 0 Å². The molecule has 0 heterocycles. The molecular weight excluding hydrogens is 160 g/mol. The summed E-state index contributed by atoms with van der Waals surface area (Å²) < 4.78 is 0. The molecule has 2 amide bonds. The Morgan fingerprint density at radius 2 is 2.08 bits per heavy atom. The monoisotopic (exact) mass is 174 g/mol. The van der Waals surface area contributed by atoms with Crippen LogP contribution >= 0.6 is 0 Å². The lowest BCUT2D eigenvalue weighted by molar-refractivity contribution is -0.134. The second-order valence-electron chi connectivity index (χ2n) is 2.27. The molecule has 70 valence electrons. The normalized spacial score (nSPS) is 9.50. The molecule has 0 aliphatic rings. The average Bonchev–Trinajstić information content (AvgIpc) is 2.00. The van der Waals surface area contributed by atoms with Gasteiger partial charge < -0.3 is 21.7 Å². The first-order valence-electron chi connectivity index (χ1n) is 3.52. The highest BCUT2D eigenvalue weighted by Gasteiger charge is 2.12. The number of carbonyl (C=O) groups is 2. The number of amides is 2. The topological polar surface area (TPSA) is 101 Å². The molecule has 0 aliphatic carbocycles. The van der Waals surface area contributed by atoms with Crippen LogP contribution in [-0.4, -0.2) is 43.5 Å². The van der Waals surface area contributed by atoms with Gasteiger partial charge in [-0.1, -0.05) is 0 Å². The Morgan fingerprint density at radius 1 is 1.50 bits per heavy atom. The molecule has 0 aromatic rings. The molecule has 6 heteroatoms. The second kappa shape index (κ2) is 5.50. The zero-order valence-corrected chi connectivity index (χ0v) is 7.04. The predicted molar refractivity (Wildman–Crippen MR) is 43.9 cm³/mol. The van der Waals surface area contributed by atoms with Crippen molar-refractivity contribution in [2.24, 2.45) is 11.5 Å². The third kappa shape index (κ3) is 3.89. The fourth-order valence-corrected chi connectivity index (χ4v) is 0.706. The third-order valence-electron chi connectivity index (χ3n) is 1.25. The molecule has 5 N–H and O–H groups in total. The van der Waals surface area contributed by atoms with E-state index in [0.717, 1.165) is 0 Å². The van der Waals surface area contributed by atoms with E-state index in [4.69, 9.17) is 11.5 Å². The Kier molecular flexibility index (Phi) is 4.98. The Labute approximate surface area is 70.9 Å². The number of nitrogens with zero attached hydrogens (tertiary/aromatic N) is 1. The molecule has 0 radical (unpaired) electrons. The summed E-state index contributed by atoms with van der Waals surface area (Å²) in [6.45, 7) is 0.0327. The van der Waals surface area contributed by atoms with Gasteiger partial charge in [0.25, 0.3) is 0 Å². The van der Waals surface area contributed by atoms with Crippen molar-refractivity contribution in [1.29, 1.82) is 0 Å². The van der Waals surface area contributed by atoms with E-state index in [-0.39, 0.29) is 25.7 Å². The van der Waals surface area contributed by atoms with E-state index in [2.05, 4.69) is 5.32 Å². The molecule has 0 unspecified atom stereocenters. The number of nitrogens with two attached hydrogens (primary N) is 2. The van der Waals surface area contributed by atoms with Gasteiger partial charge in [0.1, 0.15) is 6.54 Å². The minimum Gasteiger partial charge on any atom is -0.368 e. The zero-order chi connectivity index (χ0) is 9.56. The third-order valence-corrected chi connectivity index (χ3v) is 1.25. The van der Waals surface area contributed by atoms with Crippen molar-refractivity contribution in [2.45, 2.75) is 0 Å². The molecule has 0 saturated heterocycles. The molecule has 0 spiro atoms. The molecule has 0 saturated carbocycles. The summed E-state index contributed by atoms with van der Waals surface area (Å²) in [5.74, 6) is -0.802. The second-order valence-corrected chi connectivity index (χ2v) is 2.27. The van der Waals surface area contributed by atoms with E-state index >= 15 is 0 Å². The molecule has 0 atom stereocenters. The van der Waals surface area contributed by atoms with Crippen molar-refractivity contribution in [3.63, 3.8) is 0 Å². The van der Waals surface area contributed by atoms with Crippen molar-refractivity contribution < 1.29 is 9.59 Å². The molecule has 0 bridgehead atoms. The average molecular weight is 174 g/mol. The van der Waals surface area contributed by atoms with Crippen molar-refractivity contribution in [3.8, 4) is 0 Å². The molecule has 0 rings (SSSR count). The van der Waals surface area contributed by atoms with E-state index in [1.54, 1.807) is 7.05 Å². The number of hydrogen-bond donors (Lipinski definition) is 3. The Hall–Kier alpha value is -1.14. The number of carbonyl (C=O) groups excluding carboxylic acids is 2. The summed E-state index contributed by atoms with van der Waals surface area (Å²) in [5.41, 5.74) is 10.1. The standard InChI is InChI=1S/C6H14N4O2/c1-9-2-6(12)10(4-7)3-5(8)11/h9H,2-4,7H2,1H3,(H2,8,11). The van der Waals surface area contributed by atoms with Crippen molar-refractivity contribution in [2.75, 3.05) is 26.8 Å². The van der Waals surface area contributed by atoms with Gasteiger partial charge in [-0.2, -0.15) is 0 Å². The Bertz CT molecular complexity index is 171. The number of likely N-dealkylation sites (N-methyl/N-ethyl adjacent to an activating group) is 1. The van der Waals surface area contributed by atoms with Gasteiger partial charge in [-0.05, 0) is 7.05 Å². The van der Waals surface area contributed by atoms with Crippen molar-refractivity contribution in [1.82, 2.24) is 10.2 Å². The maximum Gasteiger partial charge on any atom is 0.238 e. The molecule has 6 nitrogen and oxygen atoms in total. The quantitative estimate of drug-likeness (QED) is 0.399. The summed E-state index contributed by atoms with van der Waals surface area (Å²) in [6.07, 6.45) is 0. The van der Waals surface area contributed by atoms with Crippen molar-refractivity contribution >= 4 is 11.8 Å². The zero-order valence-electron chi connectivity index (χ0n) is 7.04. The SMILES string of the molecule is CNCC(=O)N(CN)CC(N)=O. The van der Waals surface area contributed by atoms with Crippen LogP contribution in [0.5, 0.6) is 0 Å². The van der Waals surface area contributed by atoms with Crippen LogP contribution < -0.4 is 16.8 Å². The number of hydrogen-bond acceptors (Lipinski definition) is 4. The van der Waals surface area contributed by atoms with Crippen LogP contribution in [0.4, 0.5) is 0 Å². The number of nitrogens with one attached hydrogen (secondary N) is 1. The first kappa shape index (κ1) is 10.9. The van der Waals surface area contributed by atoms with Crippen molar-refractivity contribution in [3.05, 3.63) is 0 Å². The molecule has 0 fully saturated rings. The Balaban J connectivity index is 3.96. The van der Waals surface area contributed by atoms with Gasteiger partial charge in [-0.3, -0.25) is 9.59 Å². The molecule has 0 aromatic heterocycles. The smallest absolute Gasteiger partial charge is 0.238 e. The van der Waals surface area contributed by atoms with Crippen LogP contribution in [0, 0.1) is 0 Å². The minimum atomic E-state index is -0.565. The fourth-order valence-electron chi connectivity index (χ4n) is 0.706. The van der Waals surface area contributed by atoms with Crippen LogP contribution in [0.1, 0.15) is 0 Å².